The molecule has 0 aromatic rings. The highest BCUT2D eigenvalue weighted by atomic mass is 16.4. The minimum absolute atomic E-state index is 0.00368. The molecule has 1 aliphatic rings. The molecule has 122 valence electrons. The minimum atomic E-state index is -0.796. The number of nitrogens with one attached hydrogen (secondary N) is 1. The van der Waals surface area contributed by atoms with Crippen molar-refractivity contribution in [1.29, 1.82) is 0 Å². The molecule has 0 aromatic heterocycles. The van der Waals surface area contributed by atoms with Gasteiger partial charge in [0, 0.05) is 25.6 Å². The van der Waals surface area contributed by atoms with Gasteiger partial charge in [-0.3, -0.25) is 4.79 Å². The van der Waals surface area contributed by atoms with Gasteiger partial charge in [0.05, 0.1) is 0 Å². The first-order chi connectivity index (χ1) is 9.79. The Morgan fingerprint density at radius 2 is 1.95 bits per heavy atom. The van der Waals surface area contributed by atoms with Crippen molar-refractivity contribution in [2.24, 2.45) is 17.8 Å². The van der Waals surface area contributed by atoms with Crippen LogP contribution < -0.4 is 5.32 Å². The number of carbonyl (C=O) groups excluding carboxylic acids is 1. The van der Waals surface area contributed by atoms with Crippen LogP contribution in [0, 0.1) is 17.8 Å². The third-order valence-corrected chi connectivity index (χ3v) is 4.19. The summed E-state index contributed by atoms with van der Waals surface area (Å²) in [4.78, 5) is 25.1. The van der Waals surface area contributed by atoms with Crippen LogP contribution in [0.25, 0.3) is 0 Å². The lowest BCUT2D eigenvalue weighted by molar-refractivity contribution is -0.138. The fourth-order valence-corrected chi connectivity index (χ4v) is 3.06. The summed E-state index contributed by atoms with van der Waals surface area (Å²) in [5.41, 5.74) is 0. The maximum absolute atomic E-state index is 12.3. The molecule has 0 bridgehead atoms. The van der Waals surface area contributed by atoms with Gasteiger partial charge >= 0.3 is 12.0 Å². The van der Waals surface area contributed by atoms with Gasteiger partial charge in [-0.25, -0.2) is 4.79 Å². The van der Waals surface area contributed by atoms with Crippen LogP contribution in [-0.4, -0.2) is 41.1 Å². The van der Waals surface area contributed by atoms with E-state index in [2.05, 4.69) is 33.0 Å². The van der Waals surface area contributed by atoms with Gasteiger partial charge in [0.1, 0.15) is 0 Å². The normalized spacial score (nSPS) is 24.0. The predicted molar refractivity (Wildman–Crippen MR) is 83.2 cm³/mol. The summed E-state index contributed by atoms with van der Waals surface area (Å²) in [5.74, 6) is 0.177. The zero-order valence-electron chi connectivity index (χ0n) is 13.8. The van der Waals surface area contributed by atoms with Crippen LogP contribution in [0.2, 0.25) is 0 Å². The highest BCUT2D eigenvalue weighted by Crippen LogP contribution is 2.21. The number of amides is 2. The minimum Gasteiger partial charge on any atom is -0.481 e. The first-order valence-electron chi connectivity index (χ1n) is 8.05. The Labute approximate surface area is 128 Å². The third kappa shape index (κ3) is 6.36. The number of carboxylic acid groups (broad SMARTS) is 1. The van der Waals surface area contributed by atoms with E-state index < -0.39 is 5.97 Å². The van der Waals surface area contributed by atoms with Crippen molar-refractivity contribution in [1.82, 2.24) is 10.2 Å². The summed E-state index contributed by atoms with van der Waals surface area (Å²) >= 11 is 0. The molecular formula is C16H30N2O3. The SMILES string of the molecule is CC(C)CC(CNC(=O)N1CC(C)CCC1C)CC(=O)O. The van der Waals surface area contributed by atoms with Crippen molar-refractivity contribution >= 4 is 12.0 Å². The first kappa shape index (κ1) is 17.8. The topological polar surface area (TPSA) is 69.6 Å². The largest absolute Gasteiger partial charge is 0.481 e. The molecule has 5 nitrogen and oxygen atoms in total. The summed E-state index contributed by atoms with van der Waals surface area (Å²) in [6, 6.07) is 0.220. The quantitative estimate of drug-likeness (QED) is 0.792. The van der Waals surface area contributed by atoms with Crippen LogP contribution >= 0.6 is 0 Å². The first-order valence-corrected chi connectivity index (χ1v) is 8.05. The van der Waals surface area contributed by atoms with Crippen LogP contribution in [0.5, 0.6) is 0 Å². The van der Waals surface area contributed by atoms with E-state index in [1.165, 1.54) is 6.42 Å². The molecule has 0 saturated carbocycles. The number of likely N-dealkylation sites (tertiary alicyclic amines) is 1. The van der Waals surface area contributed by atoms with E-state index in [1.807, 2.05) is 4.90 Å². The van der Waals surface area contributed by atoms with Crippen molar-refractivity contribution in [2.45, 2.75) is 59.4 Å². The molecular weight excluding hydrogens is 268 g/mol. The van der Waals surface area contributed by atoms with Gasteiger partial charge in [-0.2, -0.15) is 0 Å². The maximum atomic E-state index is 12.3. The number of nitrogens with zero attached hydrogens (tertiary/aromatic N) is 1. The van der Waals surface area contributed by atoms with Crippen LogP contribution in [0.3, 0.4) is 0 Å². The highest BCUT2D eigenvalue weighted by molar-refractivity contribution is 5.74. The van der Waals surface area contributed by atoms with E-state index in [1.54, 1.807) is 0 Å². The molecule has 0 aromatic carbocycles. The Balaban J connectivity index is 2.49. The van der Waals surface area contributed by atoms with E-state index in [-0.39, 0.29) is 24.4 Å². The molecule has 0 radical (unpaired) electrons. The summed E-state index contributed by atoms with van der Waals surface area (Å²) in [7, 11) is 0. The number of aliphatic carboxylic acids is 1. The van der Waals surface area contributed by atoms with Crippen molar-refractivity contribution in [2.75, 3.05) is 13.1 Å². The smallest absolute Gasteiger partial charge is 0.317 e. The Morgan fingerprint density at radius 3 is 2.52 bits per heavy atom. The number of hydrogen-bond donors (Lipinski definition) is 2. The van der Waals surface area contributed by atoms with Crippen LogP contribution in [-0.2, 0) is 4.79 Å². The Morgan fingerprint density at radius 1 is 1.29 bits per heavy atom. The van der Waals surface area contributed by atoms with Crippen LogP contribution in [0.4, 0.5) is 4.79 Å². The lowest BCUT2D eigenvalue weighted by Gasteiger charge is -2.37. The molecule has 3 atom stereocenters. The molecule has 1 rings (SSSR count). The van der Waals surface area contributed by atoms with Crippen molar-refractivity contribution in [3.8, 4) is 0 Å². The van der Waals surface area contributed by atoms with Gasteiger partial charge in [0.25, 0.3) is 0 Å². The fraction of sp³-hybridized carbons (Fsp3) is 0.875. The zero-order chi connectivity index (χ0) is 16.0. The Hall–Kier alpha value is -1.26. The van der Waals surface area contributed by atoms with Gasteiger partial charge < -0.3 is 15.3 Å². The molecule has 2 amide bonds. The second-order valence-electron chi connectivity index (χ2n) is 6.96. The number of hydrogen-bond acceptors (Lipinski definition) is 2. The summed E-state index contributed by atoms with van der Waals surface area (Å²) < 4.78 is 0. The maximum Gasteiger partial charge on any atom is 0.317 e. The highest BCUT2D eigenvalue weighted by Gasteiger charge is 2.27. The zero-order valence-corrected chi connectivity index (χ0v) is 13.8. The van der Waals surface area contributed by atoms with Crippen LogP contribution in [0.15, 0.2) is 0 Å². The lowest BCUT2D eigenvalue weighted by atomic mass is 9.94. The van der Waals surface area contributed by atoms with Crippen LogP contribution in [0.1, 0.15) is 53.4 Å². The van der Waals surface area contributed by atoms with Crippen molar-refractivity contribution in [3.05, 3.63) is 0 Å². The number of carboxylic acids is 1. The second kappa shape index (κ2) is 8.25. The number of carbonyl (C=O) groups is 2. The Bertz CT molecular complexity index is 357. The number of rotatable bonds is 6. The molecule has 21 heavy (non-hydrogen) atoms. The molecule has 2 N–H and O–H groups in total. The van der Waals surface area contributed by atoms with Gasteiger partial charge in [-0.15, -0.1) is 0 Å². The number of piperidine rings is 1. The summed E-state index contributed by atoms with van der Waals surface area (Å²) in [6.07, 6.45) is 3.14. The van der Waals surface area contributed by atoms with Gasteiger partial charge in [-0.1, -0.05) is 20.8 Å². The molecule has 3 unspecified atom stereocenters. The van der Waals surface area contributed by atoms with Crippen molar-refractivity contribution in [3.63, 3.8) is 0 Å². The van der Waals surface area contributed by atoms with Gasteiger partial charge in [0.2, 0.25) is 0 Å². The molecule has 0 aliphatic carbocycles. The lowest BCUT2D eigenvalue weighted by Crippen LogP contribution is -2.50. The average Bonchev–Trinajstić information content (AvgIpc) is 2.37. The number of urea groups is 1. The van der Waals surface area contributed by atoms with E-state index in [4.69, 9.17) is 5.11 Å². The Kier molecular flexibility index (Phi) is 6.99. The molecule has 0 spiro atoms. The molecule has 1 aliphatic heterocycles. The predicted octanol–water partition coefficient (Wildman–Crippen LogP) is 2.95. The summed E-state index contributed by atoms with van der Waals surface area (Å²) in [5, 5.41) is 11.9. The van der Waals surface area contributed by atoms with Crippen molar-refractivity contribution < 1.29 is 14.7 Å². The monoisotopic (exact) mass is 298 g/mol. The van der Waals surface area contributed by atoms with E-state index >= 15 is 0 Å². The standard InChI is InChI=1S/C16H30N2O3/c1-11(2)7-14(8-15(19)20)9-17-16(21)18-10-12(3)5-6-13(18)4/h11-14H,5-10H2,1-4H3,(H,17,21)(H,19,20). The molecule has 1 fully saturated rings. The molecule has 1 heterocycles. The fourth-order valence-electron chi connectivity index (χ4n) is 3.06. The molecule has 5 heteroatoms. The average molecular weight is 298 g/mol. The second-order valence-corrected chi connectivity index (χ2v) is 6.96. The van der Waals surface area contributed by atoms with E-state index in [0.717, 1.165) is 19.4 Å². The third-order valence-electron chi connectivity index (χ3n) is 4.19. The summed E-state index contributed by atoms with van der Waals surface area (Å²) in [6.45, 7) is 9.63. The van der Waals surface area contributed by atoms with Gasteiger partial charge in [0.15, 0.2) is 0 Å². The van der Waals surface area contributed by atoms with E-state index in [0.29, 0.717) is 18.4 Å². The van der Waals surface area contributed by atoms with E-state index in [9.17, 15) is 9.59 Å². The molecule has 1 saturated heterocycles. The van der Waals surface area contributed by atoms with Gasteiger partial charge in [-0.05, 0) is 43.9 Å².